The van der Waals surface area contributed by atoms with Crippen LogP contribution in [0, 0.1) is 13.8 Å². The maximum Gasteiger partial charge on any atom is 0.266 e. The Balaban J connectivity index is 1.42. The van der Waals surface area contributed by atoms with Crippen LogP contribution >= 0.6 is 11.3 Å². The highest BCUT2D eigenvalue weighted by Gasteiger charge is 2.35. The molecule has 0 bridgehead atoms. The molecular weight excluding hydrogens is 418 g/mol. The van der Waals surface area contributed by atoms with Gasteiger partial charge in [-0.05, 0) is 51.5 Å². The number of fused-ring (bicyclic) bond motifs is 1. The van der Waals surface area contributed by atoms with Crippen molar-refractivity contribution in [3.63, 3.8) is 0 Å². The molecular formula is C25H29N5OS. The number of benzene rings is 1. The van der Waals surface area contributed by atoms with E-state index in [4.69, 9.17) is 9.97 Å². The molecule has 0 aliphatic carbocycles. The highest BCUT2D eigenvalue weighted by molar-refractivity contribution is 7.11. The standard InChI is InChI=1S/C25H29N5OS/c1-17-20-10-6-13-29(15-12-19-8-4-3-5-9-19)24(20)28-23(27-17)21-11-7-14-30(21)25(31)22-18(2)26-16-32-22/h3-5,8-9,16,21H,6-7,10-15H2,1-2H3/t21-/m0/s1. The maximum atomic E-state index is 13.2. The van der Waals surface area contributed by atoms with E-state index in [2.05, 4.69) is 47.1 Å². The summed E-state index contributed by atoms with van der Waals surface area (Å²) in [6, 6.07) is 10.6. The van der Waals surface area contributed by atoms with Gasteiger partial charge in [0.2, 0.25) is 0 Å². The summed E-state index contributed by atoms with van der Waals surface area (Å²) >= 11 is 1.42. The number of amides is 1. The minimum atomic E-state index is -0.0640. The number of thiazole rings is 1. The minimum absolute atomic E-state index is 0.0624. The average Bonchev–Trinajstić information content (AvgIpc) is 3.47. The van der Waals surface area contributed by atoms with Gasteiger partial charge in [-0.3, -0.25) is 4.79 Å². The molecule has 7 heteroatoms. The second-order valence-corrected chi connectivity index (χ2v) is 9.57. The normalized spacial score (nSPS) is 18.1. The molecule has 6 nitrogen and oxygen atoms in total. The molecule has 1 amide bonds. The van der Waals surface area contributed by atoms with Crippen molar-refractivity contribution in [2.45, 2.75) is 52.0 Å². The van der Waals surface area contributed by atoms with E-state index in [9.17, 15) is 4.79 Å². The number of likely N-dealkylation sites (tertiary alicyclic amines) is 1. The van der Waals surface area contributed by atoms with Crippen molar-refractivity contribution >= 4 is 23.1 Å². The van der Waals surface area contributed by atoms with Crippen molar-refractivity contribution in [3.05, 3.63) is 69.1 Å². The maximum absolute atomic E-state index is 13.2. The van der Waals surface area contributed by atoms with E-state index in [1.165, 1.54) is 22.5 Å². The molecule has 0 saturated carbocycles. The predicted molar refractivity (Wildman–Crippen MR) is 127 cm³/mol. The fraction of sp³-hybridized carbons (Fsp3) is 0.440. The summed E-state index contributed by atoms with van der Waals surface area (Å²) in [5.41, 5.74) is 6.22. The highest BCUT2D eigenvalue weighted by Crippen LogP contribution is 2.35. The van der Waals surface area contributed by atoms with Crippen LogP contribution < -0.4 is 4.90 Å². The van der Waals surface area contributed by atoms with E-state index in [1.54, 1.807) is 5.51 Å². The van der Waals surface area contributed by atoms with Crippen LogP contribution in [0.15, 0.2) is 35.8 Å². The number of anilines is 1. The van der Waals surface area contributed by atoms with Crippen LogP contribution in [0.1, 0.15) is 63.3 Å². The molecule has 1 saturated heterocycles. The van der Waals surface area contributed by atoms with E-state index in [1.807, 2.05) is 11.8 Å². The molecule has 1 fully saturated rings. The van der Waals surface area contributed by atoms with Gasteiger partial charge in [0.05, 0.1) is 17.2 Å². The fourth-order valence-electron chi connectivity index (χ4n) is 4.90. The molecule has 0 radical (unpaired) electrons. The fourth-order valence-corrected chi connectivity index (χ4v) is 5.66. The second kappa shape index (κ2) is 8.98. The Morgan fingerprint density at radius 2 is 1.94 bits per heavy atom. The Bertz CT molecular complexity index is 1110. The summed E-state index contributed by atoms with van der Waals surface area (Å²) in [4.78, 5) is 32.6. The SMILES string of the molecule is Cc1ncsc1C(=O)N1CCC[C@H]1c1nc(C)c2c(n1)N(CCc1ccccc1)CCC2. The lowest BCUT2D eigenvalue weighted by atomic mass is 10.0. The third-order valence-corrected chi connectivity index (χ3v) is 7.54. The average molecular weight is 448 g/mol. The van der Waals surface area contributed by atoms with Crippen LogP contribution in [0.4, 0.5) is 5.82 Å². The van der Waals surface area contributed by atoms with Gasteiger partial charge in [-0.15, -0.1) is 11.3 Å². The lowest BCUT2D eigenvalue weighted by molar-refractivity contribution is 0.0733. The van der Waals surface area contributed by atoms with E-state index in [0.29, 0.717) is 0 Å². The number of nitrogens with zero attached hydrogens (tertiary/aromatic N) is 5. The lowest BCUT2D eigenvalue weighted by Gasteiger charge is -2.32. The van der Waals surface area contributed by atoms with E-state index in [0.717, 1.165) is 79.6 Å². The first kappa shape index (κ1) is 21.1. The highest BCUT2D eigenvalue weighted by atomic mass is 32.1. The first-order valence-corrected chi connectivity index (χ1v) is 12.4. The molecule has 4 heterocycles. The summed E-state index contributed by atoms with van der Waals surface area (Å²) in [7, 11) is 0. The molecule has 1 aromatic carbocycles. The summed E-state index contributed by atoms with van der Waals surface area (Å²) in [5.74, 6) is 1.93. The zero-order valence-corrected chi connectivity index (χ0v) is 19.6. The van der Waals surface area contributed by atoms with Crippen molar-refractivity contribution in [1.82, 2.24) is 19.9 Å². The molecule has 0 spiro atoms. The van der Waals surface area contributed by atoms with Crippen molar-refractivity contribution in [2.24, 2.45) is 0 Å². The molecule has 32 heavy (non-hydrogen) atoms. The van der Waals surface area contributed by atoms with E-state index < -0.39 is 0 Å². The zero-order chi connectivity index (χ0) is 22.1. The summed E-state index contributed by atoms with van der Waals surface area (Å²) in [6.07, 6.45) is 5.04. The number of carbonyl (C=O) groups excluding carboxylic acids is 1. The number of hydrogen-bond donors (Lipinski definition) is 0. The Labute approximate surface area is 193 Å². The van der Waals surface area contributed by atoms with Gasteiger partial charge in [0.1, 0.15) is 10.7 Å². The summed E-state index contributed by atoms with van der Waals surface area (Å²) < 4.78 is 0. The van der Waals surface area contributed by atoms with Crippen molar-refractivity contribution in [1.29, 1.82) is 0 Å². The molecule has 3 aromatic rings. The Hall–Kier alpha value is -2.80. The number of aromatic nitrogens is 3. The molecule has 166 valence electrons. The molecule has 2 aromatic heterocycles. The molecule has 1 atom stereocenters. The van der Waals surface area contributed by atoms with E-state index in [-0.39, 0.29) is 11.9 Å². The first-order chi connectivity index (χ1) is 15.6. The van der Waals surface area contributed by atoms with Gasteiger partial charge in [-0.25, -0.2) is 15.0 Å². The van der Waals surface area contributed by atoms with Gasteiger partial charge in [0.15, 0.2) is 5.82 Å². The molecule has 0 N–H and O–H groups in total. The summed E-state index contributed by atoms with van der Waals surface area (Å²) in [5, 5.41) is 0. The van der Waals surface area contributed by atoms with Gasteiger partial charge >= 0.3 is 0 Å². The van der Waals surface area contributed by atoms with Gasteiger partial charge in [-0.2, -0.15) is 0 Å². The van der Waals surface area contributed by atoms with Crippen molar-refractivity contribution in [3.8, 4) is 0 Å². The van der Waals surface area contributed by atoms with Gasteiger partial charge in [0.25, 0.3) is 5.91 Å². The van der Waals surface area contributed by atoms with Crippen LogP contribution in [-0.2, 0) is 12.8 Å². The van der Waals surface area contributed by atoms with Crippen molar-refractivity contribution in [2.75, 3.05) is 24.5 Å². The molecule has 2 aliphatic heterocycles. The molecule has 5 rings (SSSR count). The third kappa shape index (κ3) is 4.01. The Morgan fingerprint density at radius 1 is 1.09 bits per heavy atom. The Morgan fingerprint density at radius 3 is 2.72 bits per heavy atom. The van der Waals surface area contributed by atoms with Crippen LogP contribution in [-0.4, -0.2) is 45.4 Å². The smallest absolute Gasteiger partial charge is 0.266 e. The van der Waals surface area contributed by atoms with Gasteiger partial charge in [0, 0.05) is 30.9 Å². The summed E-state index contributed by atoms with van der Waals surface area (Å²) in [6.45, 7) is 6.71. The zero-order valence-electron chi connectivity index (χ0n) is 18.8. The quantitative estimate of drug-likeness (QED) is 0.575. The van der Waals surface area contributed by atoms with Gasteiger partial charge in [-0.1, -0.05) is 30.3 Å². The number of rotatable bonds is 5. The monoisotopic (exact) mass is 447 g/mol. The van der Waals surface area contributed by atoms with Crippen molar-refractivity contribution < 1.29 is 4.79 Å². The largest absolute Gasteiger partial charge is 0.356 e. The molecule has 2 aliphatic rings. The topological polar surface area (TPSA) is 62.2 Å². The van der Waals surface area contributed by atoms with Crippen LogP contribution in [0.2, 0.25) is 0 Å². The predicted octanol–water partition coefficient (Wildman–Crippen LogP) is 4.52. The minimum Gasteiger partial charge on any atom is -0.356 e. The van der Waals surface area contributed by atoms with Crippen LogP contribution in [0.3, 0.4) is 0 Å². The first-order valence-electron chi connectivity index (χ1n) is 11.5. The number of aryl methyl sites for hydroxylation is 2. The second-order valence-electron chi connectivity index (χ2n) is 8.72. The van der Waals surface area contributed by atoms with Gasteiger partial charge < -0.3 is 9.80 Å². The van der Waals surface area contributed by atoms with Crippen LogP contribution in [0.25, 0.3) is 0 Å². The molecule has 0 unspecified atom stereocenters. The number of hydrogen-bond acceptors (Lipinski definition) is 6. The number of carbonyl (C=O) groups is 1. The third-order valence-electron chi connectivity index (χ3n) is 6.63. The Kier molecular flexibility index (Phi) is 5.91. The lowest BCUT2D eigenvalue weighted by Crippen LogP contribution is -2.35. The van der Waals surface area contributed by atoms with Crippen LogP contribution in [0.5, 0.6) is 0 Å². The van der Waals surface area contributed by atoms with E-state index >= 15 is 0 Å².